The fourth-order valence-corrected chi connectivity index (χ4v) is 4.40. The van der Waals surface area contributed by atoms with E-state index in [0.29, 0.717) is 38.2 Å². The molecule has 0 bridgehead atoms. The number of ether oxygens (including phenoxy) is 2. The SMILES string of the molecule is CCOC(=O)CO/N=C(/C(=O)N1CCC(N2C(=O)OCC2Cc2ccccc2)CC1)c1ccn[nH]1. The molecule has 2 aromatic rings. The Morgan fingerprint density at radius 3 is 2.66 bits per heavy atom. The zero-order valence-corrected chi connectivity index (χ0v) is 19.6. The maximum Gasteiger partial charge on any atom is 0.410 e. The molecular formula is C24H29N5O6. The van der Waals surface area contributed by atoms with Gasteiger partial charge in [-0.1, -0.05) is 35.5 Å². The number of esters is 1. The number of hydrogen-bond acceptors (Lipinski definition) is 8. The number of carbonyl (C=O) groups is 3. The summed E-state index contributed by atoms with van der Waals surface area (Å²) in [6.07, 6.45) is 3.16. The molecule has 186 valence electrons. The molecule has 35 heavy (non-hydrogen) atoms. The zero-order chi connectivity index (χ0) is 24.6. The predicted octanol–water partition coefficient (Wildman–Crippen LogP) is 1.75. The Morgan fingerprint density at radius 2 is 1.97 bits per heavy atom. The topological polar surface area (TPSA) is 126 Å². The van der Waals surface area contributed by atoms with Crippen LogP contribution in [0.5, 0.6) is 0 Å². The van der Waals surface area contributed by atoms with Crippen molar-refractivity contribution in [2.24, 2.45) is 5.16 Å². The van der Waals surface area contributed by atoms with Crippen molar-refractivity contribution >= 4 is 23.7 Å². The molecule has 2 aliphatic rings. The number of cyclic esters (lactones) is 1. The molecule has 1 N–H and O–H groups in total. The lowest BCUT2D eigenvalue weighted by Crippen LogP contribution is -2.51. The van der Waals surface area contributed by atoms with E-state index in [1.165, 1.54) is 6.20 Å². The van der Waals surface area contributed by atoms with Crippen LogP contribution < -0.4 is 0 Å². The van der Waals surface area contributed by atoms with E-state index in [9.17, 15) is 14.4 Å². The average molecular weight is 484 g/mol. The number of amides is 2. The molecule has 1 unspecified atom stereocenters. The van der Waals surface area contributed by atoms with E-state index in [2.05, 4.69) is 15.4 Å². The number of H-pyrrole nitrogens is 1. The number of rotatable bonds is 9. The lowest BCUT2D eigenvalue weighted by Gasteiger charge is -2.37. The molecule has 0 aliphatic carbocycles. The monoisotopic (exact) mass is 483 g/mol. The van der Waals surface area contributed by atoms with Gasteiger partial charge in [-0.15, -0.1) is 0 Å². The quantitative estimate of drug-likeness (QED) is 0.327. The van der Waals surface area contributed by atoms with E-state index in [-0.39, 0.29) is 36.4 Å². The standard InChI is InChI=1S/C24H29N5O6/c1-2-33-21(30)16-35-27-22(20-8-11-25-26-20)23(31)28-12-9-18(10-13-28)29-19(15-34-24(29)32)14-17-6-4-3-5-7-17/h3-8,11,18-19H,2,9-10,12-16H2,1H3,(H,25,26)/b27-22+. The Bertz CT molecular complexity index is 1030. The second-order valence-electron chi connectivity index (χ2n) is 8.34. The molecule has 1 aromatic carbocycles. The van der Waals surface area contributed by atoms with Crippen molar-refractivity contribution < 1.29 is 28.7 Å². The lowest BCUT2D eigenvalue weighted by molar-refractivity contribution is -0.148. The highest BCUT2D eigenvalue weighted by Crippen LogP contribution is 2.26. The van der Waals surface area contributed by atoms with Crippen molar-refractivity contribution in [2.75, 3.05) is 32.9 Å². The maximum atomic E-state index is 13.2. The van der Waals surface area contributed by atoms with Crippen LogP contribution in [0.15, 0.2) is 47.8 Å². The Labute approximate surface area is 203 Å². The number of carbonyl (C=O) groups excluding carboxylic acids is 3. The highest BCUT2D eigenvalue weighted by atomic mass is 16.7. The van der Waals surface area contributed by atoms with Crippen molar-refractivity contribution in [3.8, 4) is 0 Å². The van der Waals surface area contributed by atoms with Gasteiger partial charge in [0.2, 0.25) is 6.61 Å². The molecule has 4 rings (SSSR count). The minimum Gasteiger partial charge on any atom is -0.463 e. The van der Waals surface area contributed by atoms with Crippen LogP contribution in [0.1, 0.15) is 31.0 Å². The van der Waals surface area contributed by atoms with Gasteiger partial charge in [-0.3, -0.25) is 14.8 Å². The van der Waals surface area contributed by atoms with E-state index in [4.69, 9.17) is 14.3 Å². The molecular weight excluding hydrogens is 454 g/mol. The van der Waals surface area contributed by atoms with Gasteiger partial charge < -0.3 is 19.2 Å². The molecule has 1 aromatic heterocycles. The molecule has 0 radical (unpaired) electrons. The first-order valence-electron chi connectivity index (χ1n) is 11.7. The molecule has 11 heteroatoms. The third-order valence-electron chi connectivity index (χ3n) is 6.06. The molecule has 11 nitrogen and oxygen atoms in total. The number of hydrogen-bond donors (Lipinski definition) is 1. The largest absolute Gasteiger partial charge is 0.463 e. The van der Waals surface area contributed by atoms with Crippen molar-refractivity contribution in [1.29, 1.82) is 0 Å². The first kappa shape index (κ1) is 24.2. The molecule has 2 aliphatic heterocycles. The molecule has 1 atom stereocenters. The molecule has 3 heterocycles. The lowest BCUT2D eigenvalue weighted by atomic mass is 9.99. The fraction of sp³-hybridized carbons (Fsp3) is 0.458. The third kappa shape index (κ3) is 5.97. The van der Waals surface area contributed by atoms with Crippen LogP contribution in [-0.2, 0) is 30.3 Å². The van der Waals surface area contributed by atoms with E-state index in [0.717, 1.165) is 12.0 Å². The highest BCUT2D eigenvalue weighted by molar-refractivity contribution is 6.44. The second-order valence-corrected chi connectivity index (χ2v) is 8.34. The van der Waals surface area contributed by atoms with Gasteiger partial charge in [0.15, 0.2) is 5.71 Å². The Morgan fingerprint density at radius 1 is 1.20 bits per heavy atom. The number of benzene rings is 1. The summed E-state index contributed by atoms with van der Waals surface area (Å²) < 4.78 is 10.2. The van der Waals surface area contributed by atoms with Crippen LogP contribution in [0.3, 0.4) is 0 Å². The Hall–Kier alpha value is -3.89. The van der Waals surface area contributed by atoms with Crippen LogP contribution >= 0.6 is 0 Å². The van der Waals surface area contributed by atoms with Gasteiger partial charge in [0.25, 0.3) is 5.91 Å². The third-order valence-corrected chi connectivity index (χ3v) is 6.06. The highest BCUT2D eigenvalue weighted by Gasteiger charge is 2.40. The summed E-state index contributed by atoms with van der Waals surface area (Å²) in [4.78, 5) is 45.9. The zero-order valence-electron chi connectivity index (χ0n) is 19.6. The van der Waals surface area contributed by atoms with Gasteiger partial charge in [-0.25, -0.2) is 9.59 Å². The first-order valence-corrected chi connectivity index (χ1v) is 11.7. The number of aromatic nitrogens is 2. The van der Waals surface area contributed by atoms with Crippen LogP contribution in [-0.4, -0.2) is 88.7 Å². The molecule has 2 fully saturated rings. The van der Waals surface area contributed by atoms with Gasteiger partial charge in [0, 0.05) is 25.3 Å². The number of aromatic amines is 1. The van der Waals surface area contributed by atoms with Crippen molar-refractivity contribution in [2.45, 2.75) is 38.3 Å². The van der Waals surface area contributed by atoms with E-state index < -0.39 is 12.6 Å². The summed E-state index contributed by atoms with van der Waals surface area (Å²) in [6, 6.07) is 11.6. The summed E-state index contributed by atoms with van der Waals surface area (Å²) in [7, 11) is 0. The molecule has 2 saturated heterocycles. The summed E-state index contributed by atoms with van der Waals surface area (Å²) in [5, 5.41) is 10.5. The van der Waals surface area contributed by atoms with Gasteiger partial charge in [0.1, 0.15) is 6.61 Å². The van der Waals surface area contributed by atoms with Crippen molar-refractivity contribution in [3.05, 3.63) is 53.9 Å². The predicted molar refractivity (Wildman–Crippen MR) is 124 cm³/mol. The second kappa shape index (κ2) is 11.5. The minimum atomic E-state index is -0.573. The Kier molecular flexibility index (Phi) is 7.96. The van der Waals surface area contributed by atoms with E-state index >= 15 is 0 Å². The summed E-state index contributed by atoms with van der Waals surface area (Å²) in [6.45, 7) is 2.76. The first-order chi connectivity index (χ1) is 17.1. The number of nitrogens with one attached hydrogen (secondary N) is 1. The van der Waals surface area contributed by atoms with Gasteiger partial charge in [-0.2, -0.15) is 5.10 Å². The number of nitrogens with zero attached hydrogens (tertiary/aromatic N) is 4. The van der Waals surface area contributed by atoms with Crippen LogP contribution in [0.2, 0.25) is 0 Å². The maximum absolute atomic E-state index is 13.2. The van der Waals surface area contributed by atoms with Gasteiger partial charge >= 0.3 is 12.1 Å². The van der Waals surface area contributed by atoms with Crippen LogP contribution in [0, 0.1) is 0 Å². The van der Waals surface area contributed by atoms with Crippen LogP contribution in [0.4, 0.5) is 4.79 Å². The summed E-state index contributed by atoms with van der Waals surface area (Å²) >= 11 is 0. The molecule has 0 spiro atoms. The number of likely N-dealkylation sites (tertiary alicyclic amines) is 1. The normalized spacial score (nSPS) is 18.9. The van der Waals surface area contributed by atoms with Crippen LogP contribution in [0.25, 0.3) is 0 Å². The fourth-order valence-electron chi connectivity index (χ4n) is 4.40. The summed E-state index contributed by atoms with van der Waals surface area (Å²) in [5.41, 5.74) is 1.55. The molecule has 2 amide bonds. The number of oxime groups is 1. The van der Waals surface area contributed by atoms with Gasteiger partial charge in [0.05, 0.1) is 18.3 Å². The minimum absolute atomic E-state index is 0.0182. The molecule has 0 saturated carbocycles. The number of piperidine rings is 1. The van der Waals surface area contributed by atoms with Crippen molar-refractivity contribution in [3.63, 3.8) is 0 Å². The average Bonchev–Trinajstić information content (AvgIpc) is 3.53. The Balaban J connectivity index is 1.38. The van der Waals surface area contributed by atoms with E-state index in [1.54, 1.807) is 17.9 Å². The smallest absolute Gasteiger partial charge is 0.410 e. The van der Waals surface area contributed by atoms with Crippen molar-refractivity contribution in [1.82, 2.24) is 20.0 Å². The van der Waals surface area contributed by atoms with E-state index in [1.807, 2.05) is 35.2 Å². The van der Waals surface area contributed by atoms with Gasteiger partial charge in [-0.05, 0) is 37.8 Å². The summed E-state index contributed by atoms with van der Waals surface area (Å²) in [5.74, 6) is -0.919.